The molecule has 6 heteroatoms. The van der Waals surface area contributed by atoms with Gasteiger partial charge in [0.15, 0.2) is 0 Å². The third kappa shape index (κ3) is 5.06. The molecular formula is C17H22ClN3O2. The van der Waals surface area contributed by atoms with E-state index in [1.54, 1.807) is 12.1 Å². The highest BCUT2D eigenvalue weighted by molar-refractivity contribution is 6.30. The van der Waals surface area contributed by atoms with Gasteiger partial charge in [0.2, 0.25) is 17.6 Å². The summed E-state index contributed by atoms with van der Waals surface area (Å²) in [4.78, 5) is 18.4. The molecule has 1 heterocycles. The lowest BCUT2D eigenvalue weighted by Gasteiger charge is -2.20. The maximum absolute atomic E-state index is 12.2. The second-order valence-corrected chi connectivity index (χ2v) is 5.78. The molecule has 1 aromatic heterocycles. The van der Waals surface area contributed by atoms with E-state index in [2.05, 4.69) is 17.1 Å². The molecule has 0 fully saturated rings. The van der Waals surface area contributed by atoms with Crippen LogP contribution >= 0.6 is 11.6 Å². The average molecular weight is 336 g/mol. The van der Waals surface area contributed by atoms with Crippen LogP contribution in [0.25, 0.3) is 11.4 Å². The zero-order chi connectivity index (χ0) is 16.7. The maximum atomic E-state index is 12.2. The van der Waals surface area contributed by atoms with E-state index in [1.165, 1.54) is 0 Å². The Morgan fingerprint density at radius 2 is 2.00 bits per heavy atom. The number of amides is 1. The van der Waals surface area contributed by atoms with Crippen LogP contribution in [0.1, 0.15) is 39.0 Å². The van der Waals surface area contributed by atoms with Crippen LogP contribution in [-0.2, 0) is 11.2 Å². The summed E-state index contributed by atoms with van der Waals surface area (Å²) in [5, 5.41) is 4.62. The summed E-state index contributed by atoms with van der Waals surface area (Å²) in [7, 11) is 0. The highest BCUT2D eigenvalue weighted by Crippen LogP contribution is 2.19. The Morgan fingerprint density at radius 3 is 2.65 bits per heavy atom. The van der Waals surface area contributed by atoms with Crippen molar-refractivity contribution in [1.29, 1.82) is 0 Å². The Hall–Kier alpha value is -1.88. The molecule has 2 aromatic rings. The Balaban J connectivity index is 1.91. The first-order valence-electron chi connectivity index (χ1n) is 8.00. The highest BCUT2D eigenvalue weighted by atomic mass is 35.5. The van der Waals surface area contributed by atoms with E-state index in [-0.39, 0.29) is 5.91 Å². The van der Waals surface area contributed by atoms with Crippen LogP contribution in [0.3, 0.4) is 0 Å². The van der Waals surface area contributed by atoms with Crippen molar-refractivity contribution >= 4 is 17.5 Å². The standard InChI is InChI=1S/C17H22ClN3O2/c1-3-5-12-21(4-2)16(22)11-10-15-19-17(20-23-15)13-6-8-14(18)9-7-13/h6-9H,3-5,10-12H2,1-2H3. The van der Waals surface area contributed by atoms with Gasteiger partial charge in [-0.3, -0.25) is 4.79 Å². The van der Waals surface area contributed by atoms with Crippen molar-refractivity contribution in [3.63, 3.8) is 0 Å². The van der Waals surface area contributed by atoms with Gasteiger partial charge in [-0.1, -0.05) is 30.1 Å². The van der Waals surface area contributed by atoms with Gasteiger partial charge in [0, 0.05) is 36.5 Å². The van der Waals surface area contributed by atoms with Crippen molar-refractivity contribution in [2.24, 2.45) is 0 Å². The van der Waals surface area contributed by atoms with Crippen molar-refractivity contribution < 1.29 is 9.32 Å². The van der Waals surface area contributed by atoms with E-state index in [1.807, 2.05) is 24.0 Å². The lowest BCUT2D eigenvalue weighted by molar-refractivity contribution is -0.131. The van der Waals surface area contributed by atoms with Gasteiger partial charge in [-0.15, -0.1) is 0 Å². The predicted octanol–water partition coefficient (Wildman–Crippen LogP) is 3.97. The molecule has 0 radical (unpaired) electrons. The fourth-order valence-corrected chi connectivity index (χ4v) is 2.38. The molecular weight excluding hydrogens is 314 g/mol. The van der Waals surface area contributed by atoms with Gasteiger partial charge in [0.25, 0.3) is 0 Å². The number of halogens is 1. The molecule has 0 bridgehead atoms. The molecule has 0 atom stereocenters. The van der Waals surface area contributed by atoms with E-state index in [4.69, 9.17) is 16.1 Å². The Morgan fingerprint density at radius 1 is 1.26 bits per heavy atom. The molecule has 0 aliphatic rings. The summed E-state index contributed by atoms with van der Waals surface area (Å²) in [5.74, 6) is 1.13. The van der Waals surface area contributed by atoms with E-state index in [0.29, 0.717) is 29.6 Å². The number of rotatable bonds is 8. The number of aromatic nitrogens is 2. The summed E-state index contributed by atoms with van der Waals surface area (Å²) in [6, 6.07) is 7.24. The molecule has 0 spiro atoms. The predicted molar refractivity (Wildman–Crippen MR) is 90.2 cm³/mol. The molecule has 0 saturated carbocycles. The molecule has 0 saturated heterocycles. The van der Waals surface area contributed by atoms with Crippen LogP contribution in [0, 0.1) is 0 Å². The molecule has 23 heavy (non-hydrogen) atoms. The largest absolute Gasteiger partial charge is 0.343 e. The Bertz CT molecular complexity index is 625. The fraction of sp³-hybridized carbons (Fsp3) is 0.471. The molecule has 1 amide bonds. The highest BCUT2D eigenvalue weighted by Gasteiger charge is 2.14. The zero-order valence-corrected chi connectivity index (χ0v) is 14.3. The van der Waals surface area contributed by atoms with Crippen molar-refractivity contribution in [2.45, 2.75) is 39.5 Å². The van der Waals surface area contributed by atoms with Crippen molar-refractivity contribution in [2.75, 3.05) is 13.1 Å². The van der Waals surface area contributed by atoms with E-state index < -0.39 is 0 Å². The summed E-state index contributed by atoms with van der Waals surface area (Å²) in [6.45, 7) is 5.67. The number of aryl methyl sites for hydroxylation is 1. The van der Waals surface area contributed by atoms with Gasteiger partial charge in [0.1, 0.15) is 0 Å². The van der Waals surface area contributed by atoms with E-state index in [0.717, 1.165) is 31.5 Å². The van der Waals surface area contributed by atoms with E-state index >= 15 is 0 Å². The lowest BCUT2D eigenvalue weighted by atomic mass is 10.2. The summed E-state index contributed by atoms with van der Waals surface area (Å²) in [5.41, 5.74) is 0.842. The second kappa shape index (κ2) is 8.67. The lowest BCUT2D eigenvalue weighted by Crippen LogP contribution is -2.31. The third-order valence-corrected chi connectivity index (χ3v) is 3.89. The van der Waals surface area contributed by atoms with Gasteiger partial charge < -0.3 is 9.42 Å². The minimum atomic E-state index is 0.132. The van der Waals surface area contributed by atoms with Crippen LogP contribution in [0.4, 0.5) is 0 Å². The molecule has 0 aliphatic carbocycles. The second-order valence-electron chi connectivity index (χ2n) is 5.35. The normalized spacial score (nSPS) is 10.7. The van der Waals surface area contributed by atoms with E-state index in [9.17, 15) is 4.79 Å². The minimum absolute atomic E-state index is 0.132. The van der Waals surface area contributed by atoms with Gasteiger partial charge in [-0.2, -0.15) is 4.98 Å². The molecule has 5 nitrogen and oxygen atoms in total. The quantitative estimate of drug-likeness (QED) is 0.732. The van der Waals surface area contributed by atoms with Crippen LogP contribution < -0.4 is 0 Å². The maximum Gasteiger partial charge on any atom is 0.227 e. The van der Waals surface area contributed by atoms with Crippen LogP contribution in [0.2, 0.25) is 5.02 Å². The van der Waals surface area contributed by atoms with Crippen molar-refractivity contribution in [3.05, 3.63) is 35.2 Å². The van der Waals surface area contributed by atoms with Gasteiger partial charge in [-0.05, 0) is 37.6 Å². The SMILES string of the molecule is CCCCN(CC)C(=O)CCc1nc(-c2ccc(Cl)cc2)no1. The summed E-state index contributed by atoms with van der Waals surface area (Å²) >= 11 is 5.86. The molecule has 1 aromatic carbocycles. The number of carbonyl (C=O) groups is 1. The van der Waals surface area contributed by atoms with Crippen LogP contribution in [0.15, 0.2) is 28.8 Å². The molecule has 2 rings (SSSR count). The number of carbonyl (C=O) groups excluding carboxylic acids is 1. The Kier molecular flexibility index (Phi) is 6.59. The first-order chi connectivity index (χ1) is 11.1. The zero-order valence-electron chi connectivity index (χ0n) is 13.6. The van der Waals surface area contributed by atoms with Gasteiger partial charge >= 0.3 is 0 Å². The van der Waals surface area contributed by atoms with Crippen LogP contribution in [0.5, 0.6) is 0 Å². The average Bonchev–Trinajstić information content (AvgIpc) is 3.03. The third-order valence-electron chi connectivity index (χ3n) is 3.64. The number of benzene rings is 1. The van der Waals surface area contributed by atoms with Gasteiger partial charge in [-0.25, -0.2) is 0 Å². The number of unbranched alkanes of at least 4 members (excludes halogenated alkanes) is 1. The minimum Gasteiger partial charge on any atom is -0.343 e. The van der Waals surface area contributed by atoms with Gasteiger partial charge in [0.05, 0.1) is 0 Å². The summed E-state index contributed by atoms with van der Waals surface area (Å²) < 4.78 is 5.23. The number of nitrogens with zero attached hydrogens (tertiary/aromatic N) is 3. The molecule has 0 aliphatic heterocycles. The molecule has 124 valence electrons. The molecule has 0 unspecified atom stereocenters. The first-order valence-corrected chi connectivity index (χ1v) is 8.38. The van der Waals surface area contributed by atoms with Crippen LogP contribution in [-0.4, -0.2) is 34.0 Å². The first kappa shape index (κ1) is 17.5. The fourth-order valence-electron chi connectivity index (χ4n) is 2.25. The summed E-state index contributed by atoms with van der Waals surface area (Å²) in [6.07, 6.45) is 2.96. The Labute approximate surface area is 141 Å². The molecule has 0 N–H and O–H groups in total. The van der Waals surface area contributed by atoms with Crippen molar-refractivity contribution in [3.8, 4) is 11.4 Å². The number of hydrogen-bond donors (Lipinski definition) is 0. The number of hydrogen-bond acceptors (Lipinski definition) is 4. The van der Waals surface area contributed by atoms with Crippen molar-refractivity contribution in [1.82, 2.24) is 15.0 Å². The topological polar surface area (TPSA) is 59.2 Å². The monoisotopic (exact) mass is 335 g/mol. The smallest absolute Gasteiger partial charge is 0.227 e.